The zero-order chi connectivity index (χ0) is 7.56. The Morgan fingerprint density at radius 3 is 2.80 bits per heavy atom. The molecule has 2 nitrogen and oxygen atoms in total. The molecule has 0 aliphatic rings. The van der Waals surface area contributed by atoms with Gasteiger partial charge in [0.1, 0.15) is 6.20 Å². The number of hydrogen-bond acceptors (Lipinski definition) is 1. The second kappa shape index (κ2) is 2.77. The van der Waals surface area contributed by atoms with Gasteiger partial charge in [-0.2, -0.15) is 8.78 Å². The van der Waals surface area contributed by atoms with E-state index < -0.39 is 6.55 Å². The van der Waals surface area contributed by atoms with Gasteiger partial charge in [0.25, 0.3) is 0 Å². The third-order valence-corrected chi connectivity index (χ3v) is 1.16. The predicted molar refractivity (Wildman–Crippen MR) is 30.5 cm³/mol. The lowest BCUT2D eigenvalue weighted by Crippen LogP contribution is -2.00. The minimum absolute atomic E-state index is 0.384. The van der Waals surface area contributed by atoms with Crippen molar-refractivity contribution in [1.82, 2.24) is 9.55 Å². The average Bonchev–Trinajstić information content (AvgIpc) is 2.33. The standard InChI is InChI=1S/C6H6F2N2/c1-2-5-3-9-4-10(5)6(7)8/h6H,2H2,1H3. The molecule has 0 spiro atoms. The van der Waals surface area contributed by atoms with E-state index in [4.69, 9.17) is 0 Å². The van der Waals surface area contributed by atoms with Crippen molar-refractivity contribution in [2.45, 2.75) is 19.9 Å². The van der Waals surface area contributed by atoms with Crippen molar-refractivity contribution in [3.05, 3.63) is 18.2 Å². The van der Waals surface area contributed by atoms with Crippen molar-refractivity contribution in [1.29, 1.82) is 0 Å². The van der Waals surface area contributed by atoms with Crippen LogP contribution >= 0.6 is 0 Å². The van der Waals surface area contributed by atoms with Crippen LogP contribution in [0, 0.1) is 12.5 Å². The molecule has 4 heteroatoms. The minimum atomic E-state index is -2.55. The molecular formula is C6H6F2N2. The van der Waals surface area contributed by atoms with E-state index >= 15 is 0 Å². The first-order valence-corrected chi connectivity index (χ1v) is 2.90. The molecule has 10 heavy (non-hydrogen) atoms. The Hall–Kier alpha value is -0.930. The highest BCUT2D eigenvalue weighted by Crippen LogP contribution is 2.11. The van der Waals surface area contributed by atoms with Crippen LogP contribution in [-0.4, -0.2) is 9.55 Å². The zero-order valence-corrected chi connectivity index (χ0v) is 5.43. The van der Waals surface area contributed by atoms with Gasteiger partial charge in [0.2, 0.25) is 0 Å². The van der Waals surface area contributed by atoms with E-state index in [9.17, 15) is 8.78 Å². The lowest BCUT2D eigenvalue weighted by atomic mass is 10.4. The molecule has 0 saturated carbocycles. The Morgan fingerprint density at radius 2 is 2.40 bits per heavy atom. The van der Waals surface area contributed by atoms with Crippen LogP contribution in [0.15, 0.2) is 0 Å². The van der Waals surface area contributed by atoms with E-state index in [0.717, 1.165) is 0 Å². The summed E-state index contributed by atoms with van der Waals surface area (Å²) in [4.78, 5) is 3.35. The number of aryl methyl sites for hydroxylation is 1. The molecule has 1 aromatic heterocycles. The van der Waals surface area contributed by atoms with Crippen LogP contribution in [0.2, 0.25) is 0 Å². The predicted octanol–water partition coefficient (Wildman–Crippen LogP) is 1.44. The molecule has 0 aliphatic heterocycles. The first kappa shape index (κ1) is 7.18. The Bertz CT molecular complexity index is 207. The second-order valence-electron chi connectivity index (χ2n) is 1.77. The number of aromatic nitrogens is 2. The van der Waals surface area contributed by atoms with Gasteiger partial charge in [-0.3, -0.25) is 4.57 Å². The number of alkyl halides is 2. The molecule has 0 bridgehead atoms. The topological polar surface area (TPSA) is 17.8 Å². The fourth-order valence-electron chi connectivity index (χ4n) is 0.668. The Balaban J connectivity index is 2.90. The molecule has 0 amide bonds. The van der Waals surface area contributed by atoms with Crippen LogP contribution in [0.3, 0.4) is 0 Å². The van der Waals surface area contributed by atoms with E-state index in [-0.39, 0.29) is 0 Å². The van der Waals surface area contributed by atoms with Crippen LogP contribution < -0.4 is 0 Å². The van der Waals surface area contributed by atoms with E-state index in [1.54, 1.807) is 6.92 Å². The maximum atomic E-state index is 11.9. The first-order valence-electron chi connectivity index (χ1n) is 2.90. The van der Waals surface area contributed by atoms with Crippen LogP contribution in [0.4, 0.5) is 8.78 Å². The Morgan fingerprint density at radius 1 is 1.70 bits per heavy atom. The van der Waals surface area contributed by atoms with Gasteiger partial charge in [-0.15, -0.1) is 0 Å². The number of halogens is 2. The smallest absolute Gasteiger partial charge is 0.267 e. The van der Waals surface area contributed by atoms with Crippen molar-refractivity contribution < 1.29 is 8.78 Å². The lowest BCUT2D eigenvalue weighted by molar-refractivity contribution is 0.0665. The van der Waals surface area contributed by atoms with Gasteiger partial charge in [0, 0.05) is 0 Å². The summed E-state index contributed by atoms with van der Waals surface area (Å²) < 4.78 is 24.5. The largest absolute Gasteiger partial charge is 0.320 e. The highest BCUT2D eigenvalue weighted by molar-refractivity contribution is 4.94. The summed E-state index contributed by atoms with van der Waals surface area (Å²) in [6.07, 6.45) is 5.03. The van der Waals surface area contributed by atoms with Gasteiger partial charge in [-0.1, -0.05) is 6.92 Å². The molecule has 0 aromatic carbocycles. The highest BCUT2D eigenvalue weighted by Gasteiger charge is 2.09. The van der Waals surface area contributed by atoms with Gasteiger partial charge in [0.05, 0.1) is 5.69 Å². The third kappa shape index (κ3) is 1.15. The third-order valence-electron chi connectivity index (χ3n) is 1.16. The summed E-state index contributed by atoms with van der Waals surface area (Å²) in [7, 11) is 0. The summed E-state index contributed by atoms with van der Waals surface area (Å²) in [5, 5.41) is 0. The number of nitrogens with zero attached hydrogens (tertiary/aromatic N) is 2. The maximum absolute atomic E-state index is 11.9. The van der Waals surface area contributed by atoms with Gasteiger partial charge in [-0.25, -0.2) is 4.98 Å². The quantitative estimate of drug-likeness (QED) is 0.614. The van der Waals surface area contributed by atoms with Crippen molar-refractivity contribution in [2.24, 2.45) is 0 Å². The van der Waals surface area contributed by atoms with Crippen molar-refractivity contribution in [3.63, 3.8) is 0 Å². The monoisotopic (exact) mass is 144 g/mol. The van der Waals surface area contributed by atoms with Crippen LogP contribution in [0.25, 0.3) is 0 Å². The lowest BCUT2D eigenvalue weighted by Gasteiger charge is -2.01. The van der Waals surface area contributed by atoms with Crippen LogP contribution in [0.5, 0.6) is 0 Å². The zero-order valence-electron chi connectivity index (χ0n) is 5.43. The second-order valence-corrected chi connectivity index (χ2v) is 1.77. The van der Waals surface area contributed by atoms with Gasteiger partial charge >= 0.3 is 6.55 Å². The summed E-state index contributed by atoms with van der Waals surface area (Å²) >= 11 is 0. The van der Waals surface area contributed by atoms with E-state index in [1.807, 2.05) is 0 Å². The maximum Gasteiger partial charge on any atom is 0.320 e. The van der Waals surface area contributed by atoms with E-state index in [1.165, 1.54) is 0 Å². The number of rotatable bonds is 2. The summed E-state index contributed by atoms with van der Waals surface area (Å²) in [6, 6.07) is 0. The van der Waals surface area contributed by atoms with E-state index in [0.29, 0.717) is 16.7 Å². The molecule has 2 radical (unpaired) electrons. The van der Waals surface area contributed by atoms with Crippen molar-refractivity contribution >= 4 is 0 Å². The molecule has 1 rings (SSSR count). The summed E-state index contributed by atoms with van der Waals surface area (Å²) in [6.45, 7) is -0.783. The van der Waals surface area contributed by atoms with Crippen LogP contribution in [-0.2, 0) is 6.42 Å². The summed E-state index contributed by atoms with van der Waals surface area (Å²) in [5.74, 6) is 0. The first-order chi connectivity index (χ1) is 4.75. The van der Waals surface area contributed by atoms with E-state index in [2.05, 4.69) is 17.5 Å². The molecule has 0 fully saturated rings. The van der Waals surface area contributed by atoms with Crippen LogP contribution in [0.1, 0.15) is 19.2 Å². The van der Waals surface area contributed by atoms with Gasteiger partial charge in [-0.05, 0) is 6.42 Å². The fraction of sp³-hybridized carbons (Fsp3) is 0.500. The summed E-state index contributed by atoms with van der Waals surface area (Å²) in [5.41, 5.74) is 0.384. The molecule has 0 N–H and O–H groups in total. The Kier molecular flexibility index (Phi) is 1.99. The Labute approximate surface area is 57.5 Å². The molecule has 1 heterocycles. The molecule has 1 aromatic rings. The SMILES string of the molecule is CCc1[c]n[c]n1C(F)F. The fourth-order valence-corrected chi connectivity index (χ4v) is 0.668. The average molecular weight is 144 g/mol. The molecule has 0 aliphatic carbocycles. The van der Waals surface area contributed by atoms with Crippen molar-refractivity contribution in [3.8, 4) is 0 Å². The molecule has 0 atom stereocenters. The van der Waals surface area contributed by atoms with Gasteiger partial charge in [0.15, 0.2) is 6.33 Å². The number of imidazole rings is 1. The molecule has 54 valence electrons. The highest BCUT2D eigenvalue weighted by atomic mass is 19.3. The molecule has 0 unspecified atom stereocenters. The molecule has 0 saturated heterocycles. The normalized spacial score (nSPS) is 10.8. The van der Waals surface area contributed by atoms with Gasteiger partial charge < -0.3 is 0 Å². The van der Waals surface area contributed by atoms with Crippen molar-refractivity contribution in [2.75, 3.05) is 0 Å². The number of hydrogen-bond donors (Lipinski definition) is 0. The molecular weight excluding hydrogens is 138 g/mol. The minimum Gasteiger partial charge on any atom is -0.267 e.